The third kappa shape index (κ3) is 2.14. The first-order valence-electron chi connectivity index (χ1n) is 4.55. The van der Waals surface area contributed by atoms with Gasteiger partial charge < -0.3 is 0 Å². The van der Waals surface area contributed by atoms with Crippen LogP contribution in [0, 0.1) is 0 Å². The predicted octanol–water partition coefficient (Wildman–Crippen LogP) is 3.17. The van der Waals surface area contributed by atoms with Crippen molar-refractivity contribution >= 4 is 51.9 Å². The number of thioether (sulfide) groups is 1. The van der Waals surface area contributed by atoms with Gasteiger partial charge in [-0.05, 0) is 17.7 Å². The molecule has 16 heavy (non-hydrogen) atoms. The van der Waals surface area contributed by atoms with Crippen molar-refractivity contribution < 1.29 is 4.79 Å². The van der Waals surface area contributed by atoms with Gasteiger partial charge in [0.25, 0.3) is 5.91 Å². The third-order valence-corrected chi connectivity index (χ3v) is 4.01. The molecule has 1 aromatic carbocycles. The summed E-state index contributed by atoms with van der Waals surface area (Å²) in [6, 6.07) is 7.39. The highest BCUT2D eigenvalue weighted by Crippen LogP contribution is 2.32. The van der Waals surface area contributed by atoms with Crippen LogP contribution in [0.15, 0.2) is 29.2 Å². The number of hydrogen-bond donors (Lipinski definition) is 0. The highest BCUT2D eigenvalue weighted by molar-refractivity contribution is 8.26. The minimum absolute atomic E-state index is 0.0741. The average Bonchev–Trinajstić information content (AvgIpc) is 2.50. The van der Waals surface area contributed by atoms with E-state index in [0.717, 1.165) is 5.56 Å². The van der Waals surface area contributed by atoms with E-state index in [-0.39, 0.29) is 5.91 Å². The number of benzene rings is 1. The molecule has 0 spiro atoms. The number of likely N-dealkylation sites (N-methyl/N-ethyl adjacent to an activating group) is 1. The number of amides is 1. The fraction of sp³-hybridized carbons (Fsp3) is 0.0909. The lowest BCUT2D eigenvalue weighted by Crippen LogP contribution is -2.22. The normalized spacial score (nSPS) is 18.6. The molecule has 0 aliphatic carbocycles. The van der Waals surface area contributed by atoms with Crippen LogP contribution in [0.4, 0.5) is 0 Å². The van der Waals surface area contributed by atoms with Crippen molar-refractivity contribution in [2.45, 2.75) is 0 Å². The monoisotopic (exact) mass is 269 g/mol. The van der Waals surface area contributed by atoms with Gasteiger partial charge in [0.15, 0.2) is 0 Å². The topological polar surface area (TPSA) is 20.3 Å². The average molecular weight is 270 g/mol. The Labute approximate surface area is 108 Å². The number of carbonyl (C=O) groups excluding carboxylic acids is 1. The SMILES string of the molecule is CN1C(=O)/C(=C\c2ccccc2Cl)SC1=S. The van der Waals surface area contributed by atoms with E-state index >= 15 is 0 Å². The van der Waals surface area contributed by atoms with Crippen LogP contribution < -0.4 is 0 Å². The molecule has 2 nitrogen and oxygen atoms in total. The first-order chi connectivity index (χ1) is 7.59. The smallest absolute Gasteiger partial charge is 0.265 e. The molecule has 1 amide bonds. The zero-order valence-corrected chi connectivity index (χ0v) is 10.8. The molecule has 2 rings (SSSR count). The molecule has 0 radical (unpaired) electrons. The first-order valence-corrected chi connectivity index (χ1v) is 6.16. The van der Waals surface area contributed by atoms with Crippen LogP contribution in [-0.4, -0.2) is 22.2 Å². The maximum absolute atomic E-state index is 11.7. The van der Waals surface area contributed by atoms with Crippen LogP contribution in [-0.2, 0) is 4.79 Å². The van der Waals surface area contributed by atoms with Crippen LogP contribution >= 0.6 is 35.6 Å². The molecule has 5 heteroatoms. The molecule has 1 saturated heterocycles. The maximum Gasteiger partial charge on any atom is 0.265 e. The second-order valence-electron chi connectivity index (χ2n) is 3.26. The maximum atomic E-state index is 11.7. The number of thiocarbonyl (C=S) groups is 1. The zero-order chi connectivity index (χ0) is 11.7. The Balaban J connectivity index is 2.37. The van der Waals surface area contributed by atoms with E-state index < -0.39 is 0 Å². The van der Waals surface area contributed by atoms with Crippen LogP contribution in [0.5, 0.6) is 0 Å². The Hall–Kier alpha value is -0.840. The highest BCUT2D eigenvalue weighted by atomic mass is 35.5. The lowest BCUT2D eigenvalue weighted by molar-refractivity contribution is -0.121. The van der Waals surface area contributed by atoms with Crippen molar-refractivity contribution in [3.05, 3.63) is 39.8 Å². The summed E-state index contributed by atoms with van der Waals surface area (Å²) >= 11 is 12.3. The van der Waals surface area contributed by atoms with Gasteiger partial charge in [-0.3, -0.25) is 9.69 Å². The lowest BCUT2D eigenvalue weighted by Gasteiger charge is -2.03. The minimum atomic E-state index is -0.0741. The Kier molecular flexibility index (Phi) is 3.33. The van der Waals surface area contributed by atoms with Crippen molar-refractivity contribution in [1.29, 1.82) is 0 Å². The summed E-state index contributed by atoms with van der Waals surface area (Å²) in [5, 5.41) is 0.629. The van der Waals surface area contributed by atoms with Gasteiger partial charge in [-0.15, -0.1) is 0 Å². The summed E-state index contributed by atoms with van der Waals surface area (Å²) in [6.45, 7) is 0. The molecule has 1 aromatic rings. The molecule has 0 bridgehead atoms. The van der Waals surface area contributed by atoms with Crippen molar-refractivity contribution in [3.63, 3.8) is 0 Å². The van der Waals surface area contributed by atoms with Gasteiger partial charge >= 0.3 is 0 Å². The van der Waals surface area contributed by atoms with E-state index in [0.29, 0.717) is 14.2 Å². The summed E-state index contributed by atoms with van der Waals surface area (Å²) in [6.07, 6.45) is 1.77. The van der Waals surface area contributed by atoms with Gasteiger partial charge in [0, 0.05) is 12.1 Å². The van der Waals surface area contributed by atoms with E-state index in [1.807, 2.05) is 18.2 Å². The van der Waals surface area contributed by atoms with E-state index in [2.05, 4.69) is 0 Å². The minimum Gasteiger partial charge on any atom is -0.296 e. The van der Waals surface area contributed by atoms with Gasteiger partial charge in [0.1, 0.15) is 4.32 Å². The van der Waals surface area contributed by atoms with Crippen LogP contribution in [0.2, 0.25) is 5.02 Å². The van der Waals surface area contributed by atoms with Gasteiger partial charge in [-0.25, -0.2) is 0 Å². The van der Waals surface area contributed by atoms with E-state index in [1.165, 1.54) is 16.7 Å². The second-order valence-corrected chi connectivity index (χ2v) is 5.35. The Morgan fingerprint density at radius 3 is 2.69 bits per heavy atom. The van der Waals surface area contributed by atoms with Crippen LogP contribution in [0.3, 0.4) is 0 Å². The van der Waals surface area contributed by atoms with Gasteiger partial charge in [0.05, 0.1) is 4.91 Å². The van der Waals surface area contributed by atoms with Crippen LogP contribution in [0.1, 0.15) is 5.56 Å². The molecule has 0 N–H and O–H groups in total. The summed E-state index contributed by atoms with van der Waals surface area (Å²) < 4.78 is 0.573. The van der Waals surface area contributed by atoms with E-state index in [1.54, 1.807) is 19.2 Å². The molecule has 1 heterocycles. The molecule has 0 atom stereocenters. The Morgan fingerprint density at radius 1 is 1.44 bits per heavy atom. The highest BCUT2D eigenvalue weighted by Gasteiger charge is 2.28. The Morgan fingerprint density at radius 2 is 2.12 bits per heavy atom. The first kappa shape index (κ1) is 11.6. The Bertz CT molecular complexity index is 499. The number of rotatable bonds is 1. The summed E-state index contributed by atoms with van der Waals surface area (Å²) in [5.41, 5.74) is 0.832. The van der Waals surface area contributed by atoms with E-state index in [9.17, 15) is 4.79 Å². The zero-order valence-electron chi connectivity index (χ0n) is 8.44. The van der Waals surface area contributed by atoms with Crippen molar-refractivity contribution in [3.8, 4) is 0 Å². The molecular weight excluding hydrogens is 262 g/mol. The standard InChI is InChI=1S/C11H8ClNOS2/c1-13-10(14)9(16-11(13)15)6-7-4-2-3-5-8(7)12/h2-6H,1H3/b9-6+. The van der Waals surface area contributed by atoms with Gasteiger partial charge in [0.2, 0.25) is 0 Å². The quantitative estimate of drug-likeness (QED) is 0.577. The fourth-order valence-electron chi connectivity index (χ4n) is 1.28. The third-order valence-electron chi connectivity index (χ3n) is 2.18. The molecule has 0 unspecified atom stereocenters. The van der Waals surface area contributed by atoms with Crippen molar-refractivity contribution in [2.24, 2.45) is 0 Å². The predicted molar refractivity (Wildman–Crippen MR) is 72.4 cm³/mol. The van der Waals surface area contributed by atoms with Crippen molar-refractivity contribution in [2.75, 3.05) is 7.05 Å². The summed E-state index contributed by atoms with van der Waals surface area (Å²) in [5.74, 6) is -0.0741. The lowest BCUT2D eigenvalue weighted by atomic mass is 10.2. The fourth-order valence-corrected chi connectivity index (χ4v) is 2.64. The molecule has 0 aromatic heterocycles. The van der Waals surface area contributed by atoms with Gasteiger partial charge in [-0.1, -0.05) is 53.8 Å². The van der Waals surface area contributed by atoms with Gasteiger partial charge in [-0.2, -0.15) is 0 Å². The summed E-state index contributed by atoms with van der Waals surface area (Å²) in [7, 11) is 1.67. The summed E-state index contributed by atoms with van der Waals surface area (Å²) in [4.78, 5) is 13.8. The number of hydrogen-bond acceptors (Lipinski definition) is 3. The van der Waals surface area contributed by atoms with Crippen molar-refractivity contribution in [1.82, 2.24) is 4.90 Å². The molecule has 1 aliphatic rings. The molecule has 0 saturated carbocycles. The molecule has 82 valence electrons. The molecular formula is C11H8ClNOS2. The molecule has 1 aliphatic heterocycles. The second kappa shape index (κ2) is 4.57. The van der Waals surface area contributed by atoms with E-state index in [4.69, 9.17) is 23.8 Å². The molecule has 1 fully saturated rings. The largest absolute Gasteiger partial charge is 0.296 e. The number of carbonyl (C=O) groups is 1. The number of nitrogens with zero attached hydrogens (tertiary/aromatic N) is 1. The number of halogens is 1. The van der Waals surface area contributed by atoms with Crippen LogP contribution in [0.25, 0.3) is 6.08 Å².